The Hall–Kier alpha value is -3.57. The van der Waals surface area contributed by atoms with E-state index >= 15 is 0 Å². The van der Waals surface area contributed by atoms with Gasteiger partial charge in [0, 0.05) is 25.7 Å². The Kier molecular flexibility index (Phi) is 9.17. The maximum absolute atomic E-state index is 13.0. The molecule has 0 saturated heterocycles. The number of nitrogens with one attached hydrogen (secondary N) is 2. The second kappa shape index (κ2) is 12.1. The quantitative estimate of drug-likeness (QED) is 0.337. The second-order valence-electron chi connectivity index (χ2n) is 9.51. The maximum atomic E-state index is 13.0. The lowest BCUT2D eigenvalue weighted by Crippen LogP contribution is -2.37. The molecule has 11 heteroatoms. The minimum atomic E-state index is -1.52. The van der Waals surface area contributed by atoms with Gasteiger partial charge in [0.25, 0.3) is 11.9 Å². The fourth-order valence-corrected chi connectivity index (χ4v) is 4.70. The lowest BCUT2D eigenvalue weighted by atomic mass is 10.2. The lowest BCUT2D eigenvalue weighted by molar-refractivity contribution is 0.0990. The third-order valence-electron chi connectivity index (χ3n) is 5.82. The topological polar surface area (TPSA) is 111 Å². The highest BCUT2D eigenvalue weighted by Crippen LogP contribution is 2.34. The summed E-state index contributed by atoms with van der Waals surface area (Å²) in [5.41, 5.74) is 1.19. The first-order valence-electron chi connectivity index (χ1n) is 12.2. The van der Waals surface area contributed by atoms with Crippen molar-refractivity contribution in [2.24, 2.45) is 0 Å². The predicted molar refractivity (Wildman–Crippen MR) is 148 cm³/mol. The monoisotopic (exact) mass is 527 g/mol. The fourth-order valence-electron chi connectivity index (χ4n) is 3.56. The molecule has 0 atom stereocenters. The number of benzene rings is 1. The smallest absolute Gasteiger partial charge is 0.291 e. The summed E-state index contributed by atoms with van der Waals surface area (Å²) in [6.45, 7) is 12.9. The SMILES string of the molecule is CCN(CCNC)c1nc(OC)c(NC(=O)c2ccc(Oc3cc([Si](C)(C)C)ccc3C)o2)c(OC)n1. The number of likely N-dealkylation sites (N-methyl/N-ethyl adjacent to an activating group) is 2. The van der Waals surface area contributed by atoms with E-state index in [-0.39, 0.29) is 29.2 Å². The number of nitrogens with zero attached hydrogens (tertiary/aromatic N) is 3. The molecule has 3 rings (SSSR count). The van der Waals surface area contributed by atoms with Crippen molar-refractivity contribution in [2.75, 3.05) is 51.1 Å². The number of aromatic nitrogens is 2. The average molecular weight is 528 g/mol. The standard InChI is InChI=1S/C26H37N5O5Si/c1-9-31(15-14-27-3)26-29-24(33-4)22(25(30-26)34-5)28-23(32)19-12-13-21(35-19)36-20-16-18(37(6,7)8)11-10-17(20)2/h10-13,16,27H,9,14-15H2,1-8H3,(H,28,32). The highest BCUT2D eigenvalue weighted by Gasteiger charge is 2.23. The molecule has 0 fully saturated rings. The van der Waals surface area contributed by atoms with Crippen LogP contribution in [0.5, 0.6) is 23.5 Å². The number of amides is 1. The van der Waals surface area contributed by atoms with Gasteiger partial charge in [0.1, 0.15) is 5.75 Å². The minimum Gasteiger partial charge on any atom is -0.479 e. The number of carbonyl (C=O) groups is 1. The molecule has 0 spiro atoms. The van der Waals surface area contributed by atoms with Crippen molar-refractivity contribution < 1.29 is 23.4 Å². The number of methoxy groups -OCH3 is 2. The molecule has 0 aliphatic carbocycles. The number of hydrogen-bond donors (Lipinski definition) is 2. The molecule has 1 aromatic carbocycles. The molecule has 2 heterocycles. The van der Waals surface area contributed by atoms with Crippen molar-refractivity contribution in [2.45, 2.75) is 33.5 Å². The van der Waals surface area contributed by atoms with Gasteiger partial charge in [-0.15, -0.1) is 0 Å². The zero-order chi connectivity index (χ0) is 27.2. The van der Waals surface area contributed by atoms with Crippen LogP contribution in [0, 0.1) is 6.92 Å². The van der Waals surface area contributed by atoms with Crippen LogP contribution in [-0.2, 0) is 0 Å². The van der Waals surface area contributed by atoms with Gasteiger partial charge in [0.15, 0.2) is 11.4 Å². The zero-order valence-electron chi connectivity index (χ0n) is 22.9. The molecule has 2 N–H and O–H groups in total. The Balaban J connectivity index is 1.82. The van der Waals surface area contributed by atoms with Gasteiger partial charge in [0.05, 0.1) is 22.3 Å². The number of rotatable bonds is 12. The summed E-state index contributed by atoms with van der Waals surface area (Å²) in [4.78, 5) is 24.0. The van der Waals surface area contributed by atoms with E-state index in [0.29, 0.717) is 24.8 Å². The fraction of sp³-hybridized carbons (Fsp3) is 0.423. The van der Waals surface area contributed by atoms with Gasteiger partial charge in [0.2, 0.25) is 17.7 Å². The summed E-state index contributed by atoms with van der Waals surface area (Å²) in [7, 11) is 3.31. The molecular formula is C26H37N5O5Si. The summed E-state index contributed by atoms with van der Waals surface area (Å²) in [5.74, 6) is 1.26. The van der Waals surface area contributed by atoms with Gasteiger partial charge >= 0.3 is 0 Å². The van der Waals surface area contributed by atoms with Crippen LogP contribution in [0.4, 0.5) is 11.6 Å². The number of hydrogen-bond acceptors (Lipinski definition) is 9. The van der Waals surface area contributed by atoms with Crippen molar-refractivity contribution in [3.05, 3.63) is 41.7 Å². The first-order valence-corrected chi connectivity index (χ1v) is 15.7. The van der Waals surface area contributed by atoms with Gasteiger partial charge in [-0.25, -0.2) is 0 Å². The van der Waals surface area contributed by atoms with E-state index in [9.17, 15) is 4.79 Å². The van der Waals surface area contributed by atoms with Crippen LogP contribution in [0.3, 0.4) is 0 Å². The summed E-state index contributed by atoms with van der Waals surface area (Å²) in [6, 6.07) is 9.40. The molecule has 37 heavy (non-hydrogen) atoms. The van der Waals surface area contributed by atoms with E-state index in [1.807, 2.05) is 31.9 Å². The van der Waals surface area contributed by atoms with E-state index in [1.165, 1.54) is 19.4 Å². The second-order valence-corrected chi connectivity index (χ2v) is 14.6. The van der Waals surface area contributed by atoms with E-state index in [1.54, 1.807) is 12.1 Å². The predicted octanol–water partition coefficient (Wildman–Crippen LogP) is 4.03. The van der Waals surface area contributed by atoms with Gasteiger partial charge < -0.3 is 34.2 Å². The van der Waals surface area contributed by atoms with Crippen LogP contribution in [0.15, 0.2) is 34.7 Å². The Morgan fingerprint density at radius 2 is 1.76 bits per heavy atom. The largest absolute Gasteiger partial charge is 0.479 e. The van der Waals surface area contributed by atoms with Crippen molar-refractivity contribution in [1.82, 2.24) is 15.3 Å². The van der Waals surface area contributed by atoms with Gasteiger partial charge in [-0.1, -0.05) is 37.0 Å². The Morgan fingerprint density at radius 1 is 1.08 bits per heavy atom. The molecule has 10 nitrogen and oxygen atoms in total. The highest BCUT2D eigenvalue weighted by atomic mass is 28.3. The summed E-state index contributed by atoms with van der Waals surface area (Å²) >= 11 is 0. The van der Waals surface area contributed by atoms with E-state index in [4.69, 9.17) is 18.6 Å². The van der Waals surface area contributed by atoms with Crippen LogP contribution in [0.1, 0.15) is 23.0 Å². The van der Waals surface area contributed by atoms with Crippen molar-refractivity contribution in [3.8, 4) is 23.5 Å². The van der Waals surface area contributed by atoms with Crippen LogP contribution in [-0.4, -0.2) is 64.9 Å². The lowest BCUT2D eigenvalue weighted by Gasteiger charge is -2.22. The van der Waals surface area contributed by atoms with Gasteiger partial charge in [-0.2, -0.15) is 9.97 Å². The molecule has 2 aromatic heterocycles. The van der Waals surface area contributed by atoms with Crippen LogP contribution in [0.25, 0.3) is 0 Å². The number of carbonyl (C=O) groups excluding carboxylic acids is 1. The van der Waals surface area contributed by atoms with E-state index in [0.717, 1.165) is 12.1 Å². The first kappa shape index (κ1) is 28.0. The first-order chi connectivity index (χ1) is 17.6. The van der Waals surface area contributed by atoms with E-state index in [2.05, 4.69) is 52.4 Å². The Bertz CT molecular complexity index is 1200. The molecule has 0 aliphatic heterocycles. The third-order valence-corrected chi connectivity index (χ3v) is 7.87. The molecule has 0 aliphatic rings. The normalized spacial score (nSPS) is 11.2. The molecule has 200 valence electrons. The molecule has 0 bridgehead atoms. The van der Waals surface area contributed by atoms with Crippen molar-refractivity contribution in [1.29, 1.82) is 0 Å². The Morgan fingerprint density at radius 3 is 2.32 bits per heavy atom. The zero-order valence-corrected chi connectivity index (χ0v) is 23.9. The number of aryl methyl sites for hydroxylation is 1. The molecular weight excluding hydrogens is 490 g/mol. The summed E-state index contributed by atoms with van der Waals surface area (Å²) < 4.78 is 22.6. The molecule has 0 unspecified atom stereocenters. The maximum Gasteiger partial charge on any atom is 0.291 e. The Labute approximate surface area is 219 Å². The third kappa shape index (κ3) is 6.80. The molecule has 1 amide bonds. The highest BCUT2D eigenvalue weighted by molar-refractivity contribution is 6.88. The molecule has 0 radical (unpaired) electrons. The summed E-state index contributed by atoms with van der Waals surface area (Å²) in [6.07, 6.45) is 0. The summed E-state index contributed by atoms with van der Waals surface area (Å²) in [5, 5.41) is 7.13. The van der Waals surface area contributed by atoms with Gasteiger partial charge in [-0.05, 0) is 38.6 Å². The molecule has 3 aromatic rings. The van der Waals surface area contributed by atoms with E-state index < -0.39 is 14.0 Å². The number of ether oxygens (including phenoxy) is 3. The van der Waals surface area contributed by atoms with Crippen molar-refractivity contribution in [3.63, 3.8) is 0 Å². The van der Waals surface area contributed by atoms with Crippen LogP contribution < -0.4 is 34.9 Å². The number of furan rings is 1. The molecule has 0 saturated carbocycles. The minimum absolute atomic E-state index is 0.0615. The van der Waals surface area contributed by atoms with Crippen molar-refractivity contribution >= 4 is 30.8 Å². The average Bonchev–Trinajstić information content (AvgIpc) is 3.34. The van der Waals surface area contributed by atoms with Gasteiger partial charge in [-0.3, -0.25) is 4.79 Å². The van der Waals surface area contributed by atoms with Crippen LogP contribution in [0.2, 0.25) is 19.6 Å². The number of anilines is 2. The van der Waals surface area contributed by atoms with Crippen LogP contribution >= 0.6 is 0 Å².